The molecule has 1 fully saturated rings. The quantitative estimate of drug-likeness (QED) is 0.666. The Hall–Kier alpha value is -0.370. The third-order valence-corrected chi connectivity index (χ3v) is 2.49. The Kier molecular flexibility index (Phi) is 3.06. The number of hydrogen-bond acceptors (Lipinski definition) is 2. The van der Waals surface area contributed by atoms with E-state index in [9.17, 15) is 4.79 Å². The standard InChI is InChI=1S/C9H17NO/c1-3-7(2)6-8-9(11)4-5-10-8/h7-8,10H,3-6H2,1-2H3. The first-order valence-corrected chi connectivity index (χ1v) is 4.50. The fourth-order valence-corrected chi connectivity index (χ4v) is 1.44. The SMILES string of the molecule is CCC(C)CC1NCCC1=O. The number of carbonyl (C=O) groups excluding carboxylic acids is 1. The molecule has 0 aromatic carbocycles. The second-order valence-corrected chi connectivity index (χ2v) is 3.47. The molecule has 0 bridgehead atoms. The van der Waals surface area contributed by atoms with Gasteiger partial charge in [0.2, 0.25) is 0 Å². The second-order valence-electron chi connectivity index (χ2n) is 3.47. The van der Waals surface area contributed by atoms with Gasteiger partial charge in [-0.25, -0.2) is 0 Å². The molecule has 0 aromatic heterocycles. The zero-order valence-electron chi connectivity index (χ0n) is 7.39. The molecule has 1 N–H and O–H groups in total. The predicted octanol–water partition coefficient (Wildman–Crippen LogP) is 1.35. The summed E-state index contributed by atoms with van der Waals surface area (Å²) in [6, 6.07) is 0.171. The Morgan fingerprint density at radius 1 is 1.73 bits per heavy atom. The monoisotopic (exact) mass is 155 g/mol. The first kappa shape index (κ1) is 8.72. The third kappa shape index (κ3) is 2.29. The highest BCUT2D eigenvalue weighted by Gasteiger charge is 2.24. The van der Waals surface area contributed by atoms with E-state index in [0.717, 1.165) is 19.4 Å². The summed E-state index contributed by atoms with van der Waals surface area (Å²) in [5.41, 5.74) is 0. The lowest BCUT2D eigenvalue weighted by atomic mass is 9.98. The molecule has 2 atom stereocenters. The lowest BCUT2D eigenvalue weighted by molar-refractivity contribution is -0.119. The summed E-state index contributed by atoms with van der Waals surface area (Å²) in [5.74, 6) is 1.08. The van der Waals surface area contributed by atoms with E-state index in [1.807, 2.05) is 0 Å². The molecule has 0 spiro atoms. The summed E-state index contributed by atoms with van der Waals surface area (Å²) in [5, 5.41) is 3.22. The van der Waals surface area contributed by atoms with Crippen LogP contribution in [0, 0.1) is 5.92 Å². The van der Waals surface area contributed by atoms with E-state index in [4.69, 9.17) is 0 Å². The number of rotatable bonds is 3. The summed E-state index contributed by atoms with van der Waals surface area (Å²) in [6.45, 7) is 5.26. The number of ketones is 1. The van der Waals surface area contributed by atoms with Crippen LogP contribution in [0.3, 0.4) is 0 Å². The molecular formula is C9H17NO. The fourth-order valence-electron chi connectivity index (χ4n) is 1.44. The van der Waals surface area contributed by atoms with Crippen molar-refractivity contribution in [3.63, 3.8) is 0 Å². The Balaban J connectivity index is 2.30. The smallest absolute Gasteiger partial charge is 0.151 e. The summed E-state index contributed by atoms with van der Waals surface area (Å²) in [6.07, 6.45) is 2.93. The van der Waals surface area contributed by atoms with Crippen molar-refractivity contribution in [1.29, 1.82) is 0 Å². The van der Waals surface area contributed by atoms with Gasteiger partial charge in [0.1, 0.15) is 0 Å². The third-order valence-electron chi connectivity index (χ3n) is 2.49. The zero-order valence-corrected chi connectivity index (χ0v) is 7.39. The second kappa shape index (κ2) is 3.86. The Labute approximate surface area is 68.4 Å². The summed E-state index contributed by atoms with van der Waals surface area (Å²) in [4.78, 5) is 11.2. The van der Waals surface area contributed by atoms with Crippen molar-refractivity contribution >= 4 is 5.78 Å². The van der Waals surface area contributed by atoms with E-state index in [1.165, 1.54) is 6.42 Å². The van der Waals surface area contributed by atoms with Gasteiger partial charge in [-0.15, -0.1) is 0 Å². The van der Waals surface area contributed by atoms with Crippen molar-refractivity contribution in [2.24, 2.45) is 5.92 Å². The van der Waals surface area contributed by atoms with Gasteiger partial charge in [0.15, 0.2) is 5.78 Å². The Morgan fingerprint density at radius 2 is 2.45 bits per heavy atom. The maximum Gasteiger partial charge on any atom is 0.151 e. The van der Waals surface area contributed by atoms with Crippen LogP contribution in [0.5, 0.6) is 0 Å². The number of hydrogen-bond donors (Lipinski definition) is 1. The van der Waals surface area contributed by atoms with Crippen LogP contribution in [0.15, 0.2) is 0 Å². The summed E-state index contributed by atoms with van der Waals surface area (Å²) < 4.78 is 0. The topological polar surface area (TPSA) is 29.1 Å². The maximum atomic E-state index is 11.2. The van der Waals surface area contributed by atoms with E-state index in [1.54, 1.807) is 0 Å². The van der Waals surface area contributed by atoms with Crippen LogP contribution in [0.1, 0.15) is 33.1 Å². The Morgan fingerprint density at radius 3 is 2.91 bits per heavy atom. The fraction of sp³-hybridized carbons (Fsp3) is 0.889. The van der Waals surface area contributed by atoms with Crippen molar-refractivity contribution in [3.8, 4) is 0 Å². The largest absolute Gasteiger partial charge is 0.307 e. The highest BCUT2D eigenvalue weighted by molar-refractivity contribution is 5.86. The minimum Gasteiger partial charge on any atom is -0.307 e. The first-order chi connectivity index (χ1) is 5.24. The zero-order chi connectivity index (χ0) is 8.27. The molecule has 1 saturated heterocycles. The first-order valence-electron chi connectivity index (χ1n) is 4.50. The minimum atomic E-state index is 0.171. The van der Waals surface area contributed by atoms with E-state index < -0.39 is 0 Å². The Bertz CT molecular complexity index is 144. The number of nitrogens with one attached hydrogen (secondary N) is 1. The van der Waals surface area contributed by atoms with Gasteiger partial charge in [0, 0.05) is 13.0 Å². The molecule has 1 rings (SSSR count). The lowest BCUT2D eigenvalue weighted by Crippen LogP contribution is -2.28. The molecule has 2 heteroatoms. The lowest BCUT2D eigenvalue weighted by Gasteiger charge is -2.13. The van der Waals surface area contributed by atoms with Gasteiger partial charge in [-0.3, -0.25) is 4.79 Å². The van der Waals surface area contributed by atoms with Crippen molar-refractivity contribution in [3.05, 3.63) is 0 Å². The normalized spacial score (nSPS) is 27.5. The van der Waals surface area contributed by atoms with Crippen molar-refractivity contribution in [2.75, 3.05) is 6.54 Å². The molecule has 2 unspecified atom stereocenters. The van der Waals surface area contributed by atoms with Crippen LogP contribution < -0.4 is 5.32 Å². The van der Waals surface area contributed by atoms with Crippen LogP contribution in [0.25, 0.3) is 0 Å². The van der Waals surface area contributed by atoms with Crippen LogP contribution >= 0.6 is 0 Å². The van der Waals surface area contributed by atoms with Gasteiger partial charge in [-0.05, 0) is 12.3 Å². The molecule has 0 amide bonds. The van der Waals surface area contributed by atoms with Crippen molar-refractivity contribution < 1.29 is 4.79 Å². The minimum absolute atomic E-state index is 0.171. The van der Waals surface area contributed by atoms with Gasteiger partial charge in [0.25, 0.3) is 0 Å². The van der Waals surface area contributed by atoms with Crippen LogP contribution in [0.4, 0.5) is 0 Å². The van der Waals surface area contributed by atoms with Crippen molar-refractivity contribution in [2.45, 2.75) is 39.2 Å². The number of carbonyl (C=O) groups is 1. The van der Waals surface area contributed by atoms with Gasteiger partial charge in [-0.1, -0.05) is 20.3 Å². The number of Topliss-reactive ketones (excluding diaryl/α,β-unsaturated/α-hetero) is 1. The molecular weight excluding hydrogens is 138 g/mol. The maximum absolute atomic E-state index is 11.2. The van der Waals surface area contributed by atoms with Crippen LogP contribution in [-0.4, -0.2) is 18.4 Å². The van der Waals surface area contributed by atoms with E-state index >= 15 is 0 Å². The molecule has 1 aliphatic heterocycles. The van der Waals surface area contributed by atoms with Crippen molar-refractivity contribution in [1.82, 2.24) is 5.32 Å². The molecule has 1 aliphatic rings. The average Bonchev–Trinajstić information content (AvgIpc) is 2.37. The molecule has 11 heavy (non-hydrogen) atoms. The molecule has 0 aromatic rings. The van der Waals surface area contributed by atoms with Crippen LogP contribution in [-0.2, 0) is 4.79 Å². The van der Waals surface area contributed by atoms with E-state index in [-0.39, 0.29) is 6.04 Å². The van der Waals surface area contributed by atoms with E-state index in [0.29, 0.717) is 11.7 Å². The van der Waals surface area contributed by atoms with Gasteiger partial charge in [-0.2, -0.15) is 0 Å². The molecule has 0 aliphatic carbocycles. The average molecular weight is 155 g/mol. The molecule has 1 heterocycles. The molecule has 2 nitrogen and oxygen atoms in total. The molecule has 64 valence electrons. The van der Waals surface area contributed by atoms with Gasteiger partial charge >= 0.3 is 0 Å². The predicted molar refractivity (Wildman–Crippen MR) is 45.5 cm³/mol. The highest BCUT2D eigenvalue weighted by Crippen LogP contribution is 2.14. The van der Waals surface area contributed by atoms with E-state index in [2.05, 4.69) is 19.2 Å². The van der Waals surface area contributed by atoms with Gasteiger partial charge < -0.3 is 5.32 Å². The summed E-state index contributed by atoms with van der Waals surface area (Å²) in [7, 11) is 0. The molecule has 0 saturated carbocycles. The highest BCUT2D eigenvalue weighted by atomic mass is 16.1. The van der Waals surface area contributed by atoms with Gasteiger partial charge in [0.05, 0.1) is 6.04 Å². The summed E-state index contributed by atoms with van der Waals surface area (Å²) >= 11 is 0. The molecule has 0 radical (unpaired) electrons. The van der Waals surface area contributed by atoms with Crippen LogP contribution in [0.2, 0.25) is 0 Å².